The molecule has 1 N–H and O–H groups in total. The molecule has 6 nitrogen and oxygen atoms in total. The number of benzene rings is 2. The van der Waals surface area contributed by atoms with E-state index in [1.54, 1.807) is 6.07 Å². The lowest BCUT2D eigenvalue weighted by atomic mass is 9.94. The molecule has 0 radical (unpaired) electrons. The number of methoxy groups -OCH3 is 1. The van der Waals surface area contributed by atoms with E-state index in [0.29, 0.717) is 25.1 Å². The topological polar surface area (TPSA) is 73.9 Å². The van der Waals surface area contributed by atoms with Gasteiger partial charge in [-0.15, -0.1) is 0 Å². The molecule has 0 atom stereocenters. The van der Waals surface area contributed by atoms with Gasteiger partial charge in [-0.1, -0.05) is 18.2 Å². The molecular weight excluding hydrogens is 358 g/mol. The second-order valence-electron chi connectivity index (χ2n) is 7.66. The van der Waals surface area contributed by atoms with E-state index in [0.717, 1.165) is 28.0 Å². The summed E-state index contributed by atoms with van der Waals surface area (Å²) in [6.07, 6.45) is 0.251. The molecule has 0 fully saturated rings. The van der Waals surface area contributed by atoms with E-state index >= 15 is 0 Å². The number of hydrogen-bond donors (Lipinski definition) is 1. The molecule has 148 valence electrons. The molecule has 0 saturated carbocycles. The average Bonchev–Trinajstić information content (AvgIpc) is 2.65. The van der Waals surface area contributed by atoms with Crippen LogP contribution in [-0.2, 0) is 22.5 Å². The fourth-order valence-electron chi connectivity index (χ4n) is 3.06. The Morgan fingerprint density at radius 3 is 2.57 bits per heavy atom. The van der Waals surface area contributed by atoms with Gasteiger partial charge in [0.15, 0.2) is 0 Å². The van der Waals surface area contributed by atoms with Crippen molar-refractivity contribution in [2.75, 3.05) is 13.7 Å². The summed E-state index contributed by atoms with van der Waals surface area (Å²) in [5, 5.41) is 2.76. The van der Waals surface area contributed by atoms with Crippen molar-refractivity contribution in [2.45, 2.75) is 39.4 Å². The molecule has 2 aromatic carbocycles. The third kappa shape index (κ3) is 4.63. The fourth-order valence-corrected chi connectivity index (χ4v) is 3.06. The number of alkyl carbamates (subject to hydrolysis) is 1. The van der Waals surface area contributed by atoms with E-state index in [4.69, 9.17) is 14.2 Å². The van der Waals surface area contributed by atoms with Crippen LogP contribution >= 0.6 is 0 Å². The Morgan fingerprint density at radius 1 is 1.11 bits per heavy atom. The number of carbonyl (C=O) groups is 2. The quantitative estimate of drug-likeness (QED) is 0.805. The first-order valence-corrected chi connectivity index (χ1v) is 9.21. The number of esters is 1. The van der Waals surface area contributed by atoms with Crippen LogP contribution in [0.25, 0.3) is 11.1 Å². The van der Waals surface area contributed by atoms with Gasteiger partial charge in [-0.3, -0.25) is 0 Å². The highest BCUT2D eigenvalue weighted by atomic mass is 16.6. The maximum Gasteiger partial charge on any atom is 0.407 e. The SMILES string of the molecule is COC(=O)c1ccc2c(c1)COc1cc(CCNC(=O)OC(C)(C)C)ccc1-2. The normalized spacial score (nSPS) is 12.3. The number of amides is 1. The van der Waals surface area contributed by atoms with E-state index in [1.165, 1.54) is 7.11 Å². The maximum atomic E-state index is 11.7. The van der Waals surface area contributed by atoms with Crippen molar-refractivity contribution in [1.29, 1.82) is 0 Å². The van der Waals surface area contributed by atoms with Crippen LogP contribution < -0.4 is 10.1 Å². The molecule has 1 heterocycles. The van der Waals surface area contributed by atoms with Crippen LogP contribution in [0.2, 0.25) is 0 Å². The average molecular weight is 383 g/mol. The second-order valence-corrected chi connectivity index (χ2v) is 7.66. The lowest BCUT2D eigenvalue weighted by Crippen LogP contribution is -2.33. The van der Waals surface area contributed by atoms with Crippen LogP contribution in [0.4, 0.5) is 4.79 Å². The largest absolute Gasteiger partial charge is 0.488 e. The van der Waals surface area contributed by atoms with Crippen molar-refractivity contribution in [3.8, 4) is 16.9 Å². The summed E-state index contributed by atoms with van der Waals surface area (Å²) in [6.45, 7) is 6.37. The summed E-state index contributed by atoms with van der Waals surface area (Å²) >= 11 is 0. The zero-order chi connectivity index (χ0) is 20.3. The van der Waals surface area contributed by atoms with E-state index in [2.05, 4.69) is 5.32 Å². The van der Waals surface area contributed by atoms with E-state index < -0.39 is 11.7 Å². The lowest BCUT2D eigenvalue weighted by molar-refractivity contribution is 0.0527. The highest BCUT2D eigenvalue weighted by Gasteiger charge is 2.20. The van der Waals surface area contributed by atoms with Gasteiger partial charge in [0.2, 0.25) is 0 Å². The van der Waals surface area contributed by atoms with Gasteiger partial charge >= 0.3 is 12.1 Å². The highest BCUT2D eigenvalue weighted by Crippen LogP contribution is 2.38. The maximum absolute atomic E-state index is 11.7. The molecule has 1 aliphatic rings. The first kappa shape index (κ1) is 19.7. The molecule has 28 heavy (non-hydrogen) atoms. The number of nitrogens with one attached hydrogen (secondary N) is 1. The zero-order valence-corrected chi connectivity index (χ0v) is 16.6. The Balaban J connectivity index is 1.68. The van der Waals surface area contributed by atoms with Crippen LogP contribution in [0.3, 0.4) is 0 Å². The van der Waals surface area contributed by atoms with Crippen molar-refractivity contribution in [3.63, 3.8) is 0 Å². The summed E-state index contributed by atoms with van der Waals surface area (Å²) in [7, 11) is 1.37. The minimum atomic E-state index is -0.509. The number of rotatable bonds is 4. The molecule has 0 spiro atoms. The molecule has 0 aromatic heterocycles. The smallest absolute Gasteiger partial charge is 0.407 e. The van der Waals surface area contributed by atoms with Crippen molar-refractivity contribution < 1.29 is 23.8 Å². The molecule has 0 aliphatic carbocycles. The fraction of sp³-hybridized carbons (Fsp3) is 0.364. The van der Waals surface area contributed by atoms with Gasteiger partial charge in [0, 0.05) is 12.1 Å². The predicted octanol–water partition coefficient (Wildman–Crippen LogP) is 4.10. The van der Waals surface area contributed by atoms with Gasteiger partial charge in [0.25, 0.3) is 0 Å². The Bertz CT molecular complexity index is 898. The molecule has 3 rings (SSSR count). The van der Waals surface area contributed by atoms with Gasteiger partial charge in [-0.2, -0.15) is 0 Å². The van der Waals surface area contributed by atoms with Crippen molar-refractivity contribution in [2.24, 2.45) is 0 Å². The molecule has 2 aromatic rings. The van der Waals surface area contributed by atoms with Gasteiger partial charge in [0.1, 0.15) is 18.0 Å². The number of hydrogen-bond acceptors (Lipinski definition) is 5. The molecule has 6 heteroatoms. The first-order valence-electron chi connectivity index (χ1n) is 9.21. The molecule has 1 aliphatic heterocycles. The van der Waals surface area contributed by atoms with Crippen molar-refractivity contribution in [1.82, 2.24) is 5.32 Å². The number of ether oxygens (including phenoxy) is 3. The van der Waals surface area contributed by atoms with Gasteiger partial charge in [-0.05, 0) is 62.1 Å². The summed E-state index contributed by atoms with van der Waals surface area (Å²) in [5.74, 6) is 0.439. The Labute approximate surface area is 164 Å². The second kappa shape index (κ2) is 7.92. The highest BCUT2D eigenvalue weighted by molar-refractivity contribution is 5.91. The van der Waals surface area contributed by atoms with Crippen LogP contribution in [0.5, 0.6) is 5.75 Å². The summed E-state index contributed by atoms with van der Waals surface area (Å²) in [5.41, 5.74) is 4.05. The Kier molecular flexibility index (Phi) is 5.58. The Morgan fingerprint density at radius 2 is 1.86 bits per heavy atom. The van der Waals surface area contributed by atoms with Gasteiger partial charge in [-0.25, -0.2) is 9.59 Å². The monoisotopic (exact) mass is 383 g/mol. The summed E-state index contributed by atoms with van der Waals surface area (Å²) in [4.78, 5) is 23.4. The van der Waals surface area contributed by atoms with Crippen molar-refractivity contribution in [3.05, 3.63) is 53.1 Å². The molecule has 0 bridgehead atoms. The number of fused-ring (bicyclic) bond motifs is 3. The van der Waals surface area contributed by atoms with Crippen LogP contribution in [-0.4, -0.2) is 31.3 Å². The minimum Gasteiger partial charge on any atom is -0.488 e. The van der Waals surface area contributed by atoms with Crippen molar-refractivity contribution >= 4 is 12.1 Å². The minimum absolute atomic E-state index is 0.360. The summed E-state index contributed by atoms with van der Waals surface area (Å²) in [6, 6.07) is 11.5. The molecular formula is C22H25NO5. The van der Waals surface area contributed by atoms with E-state index in [9.17, 15) is 9.59 Å². The van der Waals surface area contributed by atoms with Gasteiger partial charge < -0.3 is 19.5 Å². The van der Waals surface area contributed by atoms with E-state index in [-0.39, 0.29) is 5.97 Å². The standard InChI is InChI=1S/C22H25NO5/c1-22(2,3)28-21(25)23-10-9-14-5-7-18-17-8-6-15(20(24)26-4)12-16(17)13-27-19(18)11-14/h5-8,11-12H,9-10,13H2,1-4H3,(H,23,25). The van der Waals surface area contributed by atoms with Crippen LogP contribution in [0, 0.1) is 0 Å². The number of carbonyl (C=O) groups excluding carboxylic acids is 2. The van der Waals surface area contributed by atoms with Crippen LogP contribution in [0.15, 0.2) is 36.4 Å². The first-order chi connectivity index (χ1) is 13.3. The molecule has 0 saturated heterocycles. The van der Waals surface area contributed by atoms with E-state index in [1.807, 2.05) is 51.1 Å². The summed E-state index contributed by atoms with van der Waals surface area (Å²) < 4.78 is 15.9. The molecule has 0 unspecified atom stereocenters. The predicted molar refractivity (Wildman–Crippen MR) is 105 cm³/mol. The third-order valence-electron chi connectivity index (χ3n) is 4.33. The zero-order valence-electron chi connectivity index (χ0n) is 16.6. The Hall–Kier alpha value is -3.02. The third-order valence-corrected chi connectivity index (χ3v) is 4.33. The molecule has 1 amide bonds. The van der Waals surface area contributed by atoms with Crippen LogP contribution in [0.1, 0.15) is 42.3 Å². The lowest BCUT2D eigenvalue weighted by Gasteiger charge is -2.22. The van der Waals surface area contributed by atoms with Gasteiger partial charge in [0.05, 0.1) is 12.7 Å².